The van der Waals surface area contributed by atoms with Crippen LogP contribution in [0.3, 0.4) is 0 Å². The molecule has 2 saturated carbocycles. The maximum Gasteiger partial charge on any atom is 0.490 e. The Morgan fingerprint density at radius 2 is 1.86 bits per heavy atom. The summed E-state index contributed by atoms with van der Waals surface area (Å²) in [7, 11) is 0. The lowest BCUT2D eigenvalue weighted by atomic mass is 9.46. The molecule has 0 saturated heterocycles. The highest BCUT2D eigenvalue weighted by Crippen LogP contribution is 2.67. The molecular weight excluding hydrogens is 481 g/mol. The van der Waals surface area contributed by atoms with E-state index in [0.717, 1.165) is 18.1 Å². The average Bonchev–Trinajstić information content (AvgIpc) is 3.04. The number of Topliss-reactive ketones (excluding diaryl/α,β-unsaturated/α-hetero) is 1. The molecule has 7 atom stereocenters. The number of carbonyl (C=O) groups is 4. The molecule has 4 aliphatic carbocycles. The third kappa shape index (κ3) is 3.92. The molecule has 0 amide bonds. The highest BCUT2D eigenvalue weighted by atomic mass is 19.4. The first-order valence-electron chi connectivity index (χ1n) is 12.2. The zero-order valence-corrected chi connectivity index (χ0v) is 20.7. The van der Waals surface area contributed by atoms with E-state index in [1.165, 1.54) is 6.08 Å². The first-order chi connectivity index (χ1) is 16.5. The van der Waals surface area contributed by atoms with Crippen LogP contribution >= 0.6 is 0 Å². The summed E-state index contributed by atoms with van der Waals surface area (Å²) in [6.45, 7) is 5.85. The number of fused-ring (bicyclic) bond motifs is 5. The number of ketones is 2. The Morgan fingerprint density at radius 3 is 2.47 bits per heavy atom. The van der Waals surface area contributed by atoms with Gasteiger partial charge in [-0.1, -0.05) is 25.5 Å². The predicted molar refractivity (Wildman–Crippen MR) is 119 cm³/mol. The van der Waals surface area contributed by atoms with Crippen molar-refractivity contribution >= 4 is 23.5 Å². The minimum absolute atomic E-state index is 0.0439. The van der Waals surface area contributed by atoms with Gasteiger partial charge in [0.2, 0.25) is 5.78 Å². The highest BCUT2D eigenvalue weighted by Gasteiger charge is 2.69. The van der Waals surface area contributed by atoms with Gasteiger partial charge in [0.25, 0.3) is 0 Å². The third-order valence-electron chi connectivity index (χ3n) is 9.26. The van der Waals surface area contributed by atoms with E-state index in [2.05, 4.69) is 0 Å². The summed E-state index contributed by atoms with van der Waals surface area (Å²) in [5, 5.41) is 11.6. The van der Waals surface area contributed by atoms with Crippen LogP contribution < -0.4 is 0 Å². The van der Waals surface area contributed by atoms with Crippen molar-refractivity contribution in [1.29, 1.82) is 0 Å². The molecule has 0 aromatic rings. The number of allylic oxidation sites excluding steroid dienone is 4. The van der Waals surface area contributed by atoms with Crippen molar-refractivity contribution < 1.29 is 46.9 Å². The van der Waals surface area contributed by atoms with Gasteiger partial charge in [0.1, 0.15) is 11.7 Å². The fourth-order valence-corrected chi connectivity index (χ4v) is 7.58. The van der Waals surface area contributed by atoms with Crippen molar-refractivity contribution in [2.75, 3.05) is 6.61 Å². The van der Waals surface area contributed by atoms with E-state index in [0.29, 0.717) is 12.8 Å². The Balaban J connectivity index is 1.82. The molecule has 0 aromatic carbocycles. The molecule has 0 heterocycles. The van der Waals surface area contributed by atoms with E-state index < -0.39 is 64.9 Å². The van der Waals surface area contributed by atoms with Crippen LogP contribution in [0.1, 0.15) is 59.8 Å². The number of hydrogen-bond acceptors (Lipinski definition) is 7. The standard InChI is InChI=1S/C26H31F3O7/c1-13-9-16-17-6-8-25(34,20(32)12-35-14(2)30)24(17,4)11-19(36-22(33)26(27,28)29)21(16)23(3)7-5-15(31)10-18(13)23/h9-10,16-17,19,21,34H,5-8,11-12H2,1-4H3/t16-,17-,19-,21+,23-,24-,25-/m0/s1. The summed E-state index contributed by atoms with van der Waals surface area (Å²) >= 11 is 0. The number of alkyl halides is 3. The molecule has 1 N–H and O–H groups in total. The average molecular weight is 513 g/mol. The van der Waals surface area contributed by atoms with Crippen molar-refractivity contribution in [2.24, 2.45) is 28.6 Å². The maximum atomic E-state index is 13.3. The summed E-state index contributed by atoms with van der Waals surface area (Å²) in [5.41, 5.74) is -2.38. The van der Waals surface area contributed by atoms with Crippen LogP contribution in [0.5, 0.6) is 0 Å². The molecule has 0 aromatic heterocycles. The second-order valence-electron chi connectivity index (χ2n) is 11.2. The van der Waals surface area contributed by atoms with Gasteiger partial charge in [-0.2, -0.15) is 13.2 Å². The number of aliphatic hydroxyl groups is 1. The molecule has 4 aliphatic rings. The summed E-state index contributed by atoms with van der Waals surface area (Å²) < 4.78 is 49.8. The van der Waals surface area contributed by atoms with Crippen molar-refractivity contribution in [3.63, 3.8) is 0 Å². The van der Waals surface area contributed by atoms with E-state index in [1.807, 2.05) is 19.9 Å². The monoisotopic (exact) mass is 512 g/mol. The molecule has 36 heavy (non-hydrogen) atoms. The minimum atomic E-state index is -5.22. The number of carbonyl (C=O) groups excluding carboxylic acids is 4. The van der Waals surface area contributed by atoms with E-state index >= 15 is 0 Å². The van der Waals surface area contributed by atoms with Gasteiger partial charge < -0.3 is 14.6 Å². The second-order valence-corrected chi connectivity index (χ2v) is 11.2. The van der Waals surface area contributed by atoms with Crippen LogP contribution in [0.15, 0.2) is 23.3 Å². The Morgan fingerprint density at radius 1 is 1.19 bits per heavy atom. The number of esters is 2. The van der Waals surface area contributed by atoms with E-state index in [4.69, 9.17) is 9.47 Å². The van der Waals surface area contributed by atoms with Crippen LogP contribution in [-0.2, 0) is 28.7 Å². The highest BCUT2D eigenvalue weighted by molar-refractivity contribution is 5.93. The summed E-state index contributed by atoms with van der Waals surface area (Å²) in [4.78, 5) is 48.6. The van der Waals surface area contributed by atoms with Gasteiger partial charge in [-0.3, -0.25) is 14.4 Å². The number of ether oxygens (including phenoxy) is 2. The van der Waals surface area contributed by atoms with Gasteiger partial charge >= 0.3 is 18.1 Å². The molecule has 0 radical (unpaired) electrons. The van der Waals surface area contributed by atoms with Gasteiger partial charge in [-0.15, -0.1) is 0 Å². The zero-order valence-electron chi connectivity index (χ0n) is 20.7. The lowest BCUT2D eigenvalue weighted by molar-refractivity contribution is -0.223. The Labute approximate surface area is 207 Å². The molecule has 10 heteroatoms. The Bertz CT molecular complexity index is 1080. The smallest absolute Gasteiger partial charge is 0.458 e. The molecule has 0 spiro atoms. The molecule has 0 bridgehead atoms. The fraction of sp³-hybridized carbons (Fsp3) is 0.692. The summed E-state index contributed by atoms with van der Waals surface area (Å²) in [6, 6.07) is 0. The van der Waals surface area contributed by atoms with E-state index in [-0.39, 0.29) is 31.0 Å². The van der Waals surface area contributed by atoms with Gasteiger partial charge in [-0.25, -0.2) is 4.79 Å². The van der Waals surface area contributed by atoms with Crippen molar-refractivity contribution in [2.45, 2.75) is 77.7 Å². The first kappa shape index (κ1) is 26.6. The normalized spacial score (nSPS) is 39.7. The van der Waals surface area contributed by atoms with Gasteiger partial charge in [0.05, 0.1) is 0 Å². The van der Waals surface area contributed by atoms with Crippen molar-refractivity contribution in [3.05, 3.63) is 23.3 Å². The Kier molecular flexibility index (Phi) is 6.30. The molecule has 2 fully saturated rings. The van der Waals surface area contributed by atoms with Crippen molar-refractivity contribution in [1.82, 2.24) is 0 Å². The SMILES string of the molecule is CC(=O)OCC(=O)[C@@]1(O)CC[C@H]2[C@@H]3C=C(C)C4=CC(=O)CC[C@]4(C)[C@H]3[C@@H](OC(=O)C(F)(F)F)C[C@@]21C. The van der Waals surface area contributed by atoms with Gasteiger partial charge in [-0.05, 0) is 56.1 Å². The van der Waals surface area contributed by atoms with Gasteiger partial charge in [0, 0.05) is 30.1 Å². The third-order valence-corrected chi connectivity index (χ3v) is 9.26. The minimum Gasteiger partial charge on any atom is -0.458 e. The lowest BCUT2D eigenvalue weighted by Gasteiger charge is -2.59. The number of hydrogen-bond donors (Lipinski definition) is 1. The van der Waals surface area contributed by atoms with Crippen LogP contribution in [0.25, 0.3) is 0 Å². The quantitative estimate of drug-likeness (QED) is 0.574. The molecule has 0 aliphatic heterocycles. The van der Waals surface area contributed by atoms with Crippen molar-refractivity contribution in [3.8, 4) is 0 Å². The topological polar surface area (TPSA) is 107 Å². The molecule has 198 valence electrons. The first-order valence-corrected chi connectivity index (χ1v) is 12.2. The molecular formula is C26H31F3O7. The maximum absolute atomic E-state index is 13.3. The fourth-order valence-electron chi connectivity index (χ4n) is 7.58. The molecule has 7 nitrogen and oxygen atoms in total. The van der Waals surface area contributed by atoms with Crippen LogP contribution in [0, 0.1) is 28.6 Å². The van der Waals surface area contributed by atoms with E-state index in [1.54, 1.807) is 6.92 Å². The molecule has 4 rings (SSSR count). The second kappa shape index (κ2) is 8.53. The summed E-state index contributed by atoms with van der Waals surface area (Å²) in [6.07, 6.45) is -2.14. The van der Waals surface area contributed by atoms with Crippen LogP contribution in [-0.4, -0.2) is 53.1 Å². The van der Waals surface area contributed by atoms with Crippen LogP contribution in [0.4, 0.5) is 13.2 Å². The zero-order chi connectivity index (χ0) is 26.8. The van der Waals surface area contributed by atoms with Gasteiger partial charge in [0.15, 0.2) is 12.4 Å². The number of halogens is 3. The molecule has 0 unspecified atom stereocenters. The van der Waals surface area contributed by atoms with Crippen LogP contribution in [0.2, 0.25) is 0 Å². The van der Waals surface area contributed by atoms with E-state index in [9.17, 15) is 37.5 Å². The largest absolute Gasteiger partial charge is 0.490 e. The summed E-state index contributed by atoms with van der Waals surface area (Å²) in [5.74, 6) is -5.10. The Hall–Kier alpha value is -2.49. The lowest BCUT2D eigenvalue weighted by Crippen LogP contribution is -2.62. The predicted octanol–water partition coefficient (Wildman–Crippen LogP) is 3.63. The number of rotatable bonds is 4.